The fourth-order valence-electron chi connectivity index (χ4n) is 1.19. The molecule has 0 radical (unpaired) electrons. The van der Waals surface area contributed by atoms with Crippen LogP contribution in [0.1, 0.15) is 13.3 Å². The van der Waals surface area contributed by atoms with Gasteiger partial charge in [0, 0.05) is 20.3 Å². The highest BCUT2D eigenvalue weighted by molar-refractivity contribution is 6.28. The van der Waals surface area contributed by atoms with E-state index in [1.54, 1.807) is 7.11 Å². The molecule has 0 aliphatic rings. The van der Waals surface area contributed by atoms with Crippen LogP contribution in [0.3, 0.4) is 0 Å². The van der Waals surface area contributed by atoms with Gasteiger partial charge in [-0.3, -0.25) is 0 Å². The Morgan fingerprint density at radius 3 is 2.50 bits per heavy atom. The number of nitrogens with zero attached hydrogens (tertiary/aromatic N) is 3. The molecule has 0 bridgehead atoms. The van der Waals surface area contributed by atoms with Gasteiger partial charge < -0.3 is 15.4 Å². The summed E-state index contributed by atoms with van der Waals surface area (Å²) in [5, 5.41) is 4.76. The average Bonchev–Trinajstić information content (AvgIpc) is 2.33. The van der Waals surface area contributed by atoms with Crippen LogP contribution in [0.15, 0.2) is 0 Å². The number of nitrogens with one attached hydrogen (secondary N) is 2. The van der Waals surface area contributed by atoms with E-state index in [0.29, 0.717) is 19.6 Å². The van der Waals surface area contributed by atoms with Crippen LogP contribution in [-0.2, 0) is 4.74 Å². The Hall–Kier alpha value is -1.35. The van der Waals surface area contributed by atoms with Crippen molar-refractivity contribution >= 4 is 23.5 Å². The standard InChI is InChI=1S/C10H15ClF3N5O/c1-6(10(12,13)14)16-9-18-7(11)17-8(19-9)15-4-3-5-20-2/h6H,3-5H2,1-2H3,(H2,15,16,17,18,19). The van der Waals surface area contributed by atoms with Crippen molar-refractivity contribution < 1.29 is 17.9 Å². The first-order chi connectivity index (χ1) is 9.32. The zero-order valence-corrected chi connectivity index (χ0v) is 11.7. The second-order valence-corrected chi connectivity index (χ2v) is 4.27. The summed E-state index contributed by atoms with van der Waals surface area (Å²) < 4.78 is 42.1. The lowest BCUT2D eigenvalue weighted by atomic mass is 10.3. The van der Waals surface area contributed by atoms with Gasteiger partial charge in [-0.15, -0.1) is 0 Å². The molecule has 0 saturated carbocycles. The van der Waals surface area contributed by atoms with E-state index in [1.807, 2.05) is 0 Å². The monoisotopic (exact) mass is 313 g/mol. The summed E-state index contributed by atoms with van der Waals surface area (Å²) in [5.74, 6) is -0.123. The summed E-state index contributed by atoms with van der Waals surface area (Å²) >= 11 is 5.64. The Bertz CT molecular complexity index is 432. The SMILES string of the molecule is COCCCNc1nc(Cl)nc(NC(C)C(F)(F)F)n1. The third-order valence-electron chi connectivity index (χ3n) is 2.25. The van der Waals surface area contributed by atoms with Gasteiger partial charge in [0.05, 0.1) is 0 Å². The van der Waals surface area contributed by atoms with Crippen LogP contribution in [-0.4, -0.2) is 47.4 Å². The van der Waals surface area contributed by atoms with E-state index in [9.17, 15) is 13.2 Å². The Morgan fingerprint density at radius 2 is 1.90 bits per heavy atom. The first-order valence-corrected chi connectivity index (χ1v) is 6.18. The minimum atomic E-state index is -4.40. The molecule has 0 amide bonds. The van der Waals surface area contributed by atoms with Crippen LogP contribution in [0.2, 0.25) is 5.28 Å². The fourth-order valence-corrected chi connectivity index (χ4v) is 1.35. The summed E-state index contributed by atoms with van der Waals surface area (Å²) in [7, 11) is 1.57. The number of halogens is 4. The molecular formula is C10H15ClF3N5O. The van der Waals surface area contributed by atoms with Crippen LogP contribution in [0.25, 0.3) is 0 Å². The van der Waals surface area contributed by atoms with Gasteiger partial charge in [-0.25, -0.2) is 0 Å². The van der Waals surface area contributed by atoms with Crippen LogP contribution >= 0.6 is 11.6 Å². The molecule has 2 N–H and O–H groups in total. The highest BCUT2D eigenvalue weighted by atomic mass is 35.5. The predicted octanol–water partition coefficient (Wildman–Crippen LogP) is 2.34. The van der Waals surface area contributed by atoms with Gasteiger partial charge in [0.1, 0.15) is 6.04 Å². The van der Waals surface area contributed by atoms with Crippen molar-refractivity contribution in [2.75, 3.05) is 30.9 Å². The van der Waals surface area contributed by atoms with Crippen molar-refractivity contribution in [2.45, 2.75) is 25.6 Å². The smallest absolute Gasteiger partial charge is 0.385 e. The molecule has 114 valence electrons. The highest BCUT2D eigenvalue weighted by Gasteiger charge is 2.36. The number of ether oxygens (including phenoxy) is 1. The van der Waals surface area contributed by atoms with Gasteiger partial charge in [-0.2, -0.15) is 28.1 Å². The molecule has 0 aliphatic heterocycles. The van der Waals surface area contributed by atoms with Crippen molar-refractivity contribution in [1.29, 1.82) is 0 Å². The molecule has 1 aromatic heterocycles. The summed E-state index contributed by atoms with van der Waals surface area (Å²) in [4.78, 5) is 11.2. The molecule has 20 heavy (non-hydrogen) atoms. The van der Waals surface area contributed by atoms with Gasteiger partial charge >= 0.3 is 6.18 Å². The summed E-state index contributed by atoms with van der Waals surface area (Å²) in [6.45, 7) is 2.01. The maximum Gasteiger partial charge on any atom is 0.408 e. The molecule has 10 heteroatoms. The molecule has 1 atom stereocenters. The molecule has 0 aliphatic carbocycles. The molecular weight excluding hydrogens is 299 g/mol. The van der Waals surface area contributed by atoms with Gasteiger partial charge in [-0.1, -0.05) is 0 Å². The first kappa shape index (κ1) is 16.7. The quantitative estimate of drug-likeness (QED) is 0.753. The summed E-state index contributed by atoms with van der Waals surface area (Å²) in [6, 6.07) is -1.79. The predicted molar refractivity (Wildman–Crippen MR) is 69.0 cm³/mol. The van der Waals surface area contributed by atoms with Gasteiger partial charge in [0.25, 0.3) is 0 Å². The normalized spacial score (nSPS) is 13.1. The molecule has 1 aromatic rings. The molecule has 0 saturated heterocycles. The Morgan fingerprint density at radius 1 is 1.25 bits per heavy atom. The highest BCUT2D eigenvalue weighted by Crippen LogP contribution is 2.22. The van der Waals surface area contributed by atoms with Crippen molar-refractivity contribution in [3.05, 3.63) is 5.28 Å². The summed E-state index contributed by atoms with van der Waals surface area (Å²) in [5.41, 5.74) is 0. The molecule has 1 unspecified atom stereocenters. The average molecular weight is 314 g/mol. The van der Waals surface area contributed by atoms with Crippen molar-refractivity contribution in [2.24, 2.45) is 0 Å². The van der Waals surface area contributed by atoms with E-state index in [1.165, 1.54) is 0 Å². The lowest BCUT2D eigenvalue weighted by Crippen LogP contribution is -2.33. The zero-order valence-electron chi connectivity index (χ0n) is 11.0. The maximum atomic E-state index is 12.4. The van der Waals surface area contributed by atoms with Crippen molar-refractivity contribution in [1.82, 2.24) is 15.0 Å². The topological polar surface area (TPSA) is 72.0 Å². The second-order valence-electron chi connectivity index (χ2n) is 3.93. The van der Waals surface area contributed by atoms with Gasteiger partial charge in [0.2, 0.25) is 17.2 Å². The number of anilines is 2. The third-order valence-corrected chi connectivity index (χ3v) is 2.42. The molecule has 1 heterocycles. The number of hydrogen-bond acceptors (Lipinski definition) is 6. The molecule has 6 nitrogen and oxygen atoms in total. The van der Waals surface area contributed by atoms with Crippen molar-refractivity contribution in [3.63, 3.8) is 0 Å². The van der Waals surface area contributed by atoms with Crippen LogP contribution in [0.5, 0.6) is 0 Å². The number of hydrogen-bond donors (Lipinski definition) is 2. The van der Waals surface area contributed by atoms with Gasteiger partial charge in [0.15, 0.2) is 0 Å². The number of rotatable bonds is 7. The zero-order chi connectivity index (χ0) is 15.2. The number of aromatic nitrogens is 3. The van der Waals surface area contributed by atoms with E-state index in [-0.39, 0.29) is 17.2 Å². The minimum absolute atomic E-state index is 0.109. The number of methoxy groups -OCH3 is 1. The van der Waals surface area contributed by atoms with Crippen molar-refractivity contribution in [3.8, 4) is 0 Å². The maximum absolute atomic E-state index is 12.4. The Balaban J connectivity index is 2.66. The third kappa shape index (κ3) is 5.74. The lowest BCUT2D eigenvalue weighted by Gasteiger charge is -2.17. The summed E-state index contributed by atoms with van der Waals surface area (Å²) in [6.07, 6.45) is -3.70. The fraction of sp³-hybridized carbons (Fsp3) is 0.700. The molecule has 0 aromatic carbocycles. The molecule has 0 spiro atoms. The van der Waals surface area contributed by atoms with E-state index < -0.39 is 12.2 Å². The number of alkyl halides is 3. The molecule has 1 rings (SSSR count). The van der Waals surface area contributed by atoms with E-state index in [2.05, 4.69) is 25.6 Å². The largest absolute Gasteiger partial charge is 0.408 e. The van der Waals surface area contributed by atoms with E-state index in [4.69, 9.17) is 16.3 Å². The van der Waals surface area contributed by atoms with Crippen LogP contribution < -0.4 is 10.6 Å². The van der Waals surface area contributed by atoms with Crippen LogP contribution in [0.4, 0.5) is 25.1 Å². The van der Waals surface area contributed by atoms with Gasteiger partial charge in [-0.05, 0) is 24.9 Å². The first-order valence-electron chi connectivity index (χ1n) is 5.80. The second kappa shape index (κ2) is 7.44. The lowest BCUT2D eigenvalue weighted by molar-refractivity contribution is -0.138. The Kier molecular flexibility index (Phi) is 6.21. The van der Waals surface area contributed by atoms with E-state index >= 15 is 0 Å². The minimum Gasteiger partial charge on any atom is -0.385 e. The van der Waals surface area contributed by atoms with Crippen LogP contribution in [0, 0.1) is 0 Å². The molecule has 0 fully saturated rings. The Labute approximate surface area is 119 Å². The van der Waals surface area contributed by atoms with E-state index in [0.717, 1.165) is 6.92 Å².